The van der Waals surface area contributed by atoms with Crippen LogP contribution < -0.4 is 15.5 Å². The zero-order valence-corrected chi connectivity index (χ0v) is 16.0. The van der Waals surface area contributed by atoms with Gasteiger partial charge in [-0.2, -0.15) is 0 Å². The minimum atomic E-state index is -0.275. The molecule has 0 bridgehead atoms. The average molecular weight is 380 g/mol. The van der Waals surface area contributed by atoms with Crippen molar-refractivity contribution in [1.29, 1.82) is 0 Å². The third-order valence-corrected chi connectivity index (χ3v) is 4.50. The first-order valence-electron chi connectivity index (χ1n) is 9.18. The SMILES string of the molecule is C[C@H]1CC(=O)Nc2ccccc2N1C(=O)CN(C)CC(=O)Nc1ccccc1. The zero-order valence-electron chi connectivity index (χ0n) is 16.0. The smallest absolute Gasteiger partial charge is 0.241 e. The number of nitrogens with zero attached hydrogens (tertiary/aromatic N) is 2. The first-order valence-corrected chi connectivity index (χ1v) is 9.18. The van der Waals surface area contributed by atoms with E-state index < -0.39 is 0 Å². The van der Waals surface area contributed by atoms with Crippen molar-refractivity contribution in [3.63, 3.8) is 0 Å². The molecule has 0 radical (unpaired) electrons. The van der Waals surface area contributed by atoms with Gasteiger partial charge in [-0.15, -0.1) is 0 Å². The number of likely N-dealkylation sites (N-methyl/N-ethyl adjacent to an activating group) is 1. The van der Waals surface area contributed by atoms with Crippen molar-refractivity contribution in [2.75, 3.05) is 35.7 Å². The van der Waals surface area contributed by atoms with E-state index in [4.69, 9.17) is 0 Å². The lowest BCUT2D eigenvalue weighted by Crippen LogP contribution is -2.45. The molecule has 0 unspecified atom stereocenters. The van der Waals surface area contributed by atoms with E-state index in [1.54, 1.807) is 22.9 Å². The summed E-state index contributed by atoms with van der Waals surface area (Å²) in [6.07, 6.45) is 0.221. The van der Waals surface area contributed by atoms with E-state index in [1.807, 2.05) is 55.5 Å². The van der Waals surface area contributed by atoms with Gasteiger partial charge in [-0.3, -0.25) is 19.3 Å². The molecule has 2 N–H and O–H groups in total. The quantitative estimate of drug-likeness (QED) is 0.834. The number of rotatable bonds is 5. The first kappa shape index (κ1) is 19.6. The van der Waals surface area contributed by atoms with Crippen LogP contribution in [0.4, 0.5) is 17.1 Å². The predicted octanol–water partition coefficient (Wildman–Crippen LogP) is 2.32. The van der Waals surface area contributed by atoms with Crippen LogP contribution in [0.25, 0.3) is 0 Å². The van der Waals surface area contributed by atoms with E-state index in [2.05, 4.69) is 10.6 Å². The third kappa shape index (κ3) is 4.75. The Labute approximate surface area is 164 Å². The third-order valence-electron chi connectivity index (χ3n) is 4.50. The molecule has 0 aliphatic carbocycles. The van der Waals surface area contributed by atoms with E-state index in [-0.39, 0.29) is 43.3 Å². The fourth-order valence-corrected chi connectivity index (χ4v) is 3.30. The van der Waals surface area contributed by atoms with E-state index in [9.17, 15) is 14.4 Å². The molecule has 7 nitrogen and oxygen atoms in total. The van der Waals surface area contributed by atoms with Crippen molar-refractivity contribution in [2.45, 2.75) is 19.4 Å². The lowest BCUT2D eigenvalue weighted by molar-refractivity contribution is -0.121. The van der Waals surface area contributed by atoms with Crippen LogP contribution in [0.1, 0.15) is 13.3 Å². The van der Waals surface area contributed by atoms with Crippen LogP contribution in [0.15, 0.2) is 54.6 Å². The highest BCUT2D eigenvalue weighted by atomic mass is 16.2. The molecule has 1 atom stereocenters. The Bertz CT molecular complexity index is 869. The number of carbonyl (C=O) groups excluding carboxylic acids is 3. The van der Waals surface area contributed by atoms with Crippen molar-refractivity contribution in [2.24, 2.45) is 0 Å². The number of hydrogen-bond acceptors (Lipinski definition) is 4. The highest BCUT2D eigenvalue weighted by Crippen LogP contribution is 2.31. The Morgan fingerprint density at radius 2 is 1.79 bits per heavy atom. The first-order chi connectivity index (χ1) is 13.4. The number of fused-ring (bicyclic) bond motifs is 1. The van der Waals surface area contributed by atoms with Crippen LogP contribution in [0.3, 0.4) is 0 Å². The Balaban J connectivity index is 1.66. The normalized spacial score (nSPS) is 16.2. The average Bonchev–Trinajstić information content (AvgIpc) is 2.76. The Kier molecular flexibility index (Phi) is 6.06. The number of nitrogens with one attached hydrogen (secondary N) is 2. The lowest BCUT2D eigenvalue weighted by Gasteiger charge is -2.29. The van der Waals surface area contributed by atoms with Crippen LogP contribution in [0, 0.1) is 0 Å². The van der Waals surface area contributed by atoms with Crippen LogP contribution in [0.5, 0.6) is 0 Å². The molecule has 0 saturated carbocycles. The van der Waals surface area contributed by atoms with Gasteiger partial charge in [0.1, 0.15) is 0 Å². The van der Waals surface area contributed by atoms with Crippen LogP contribution in [-0.2, 0) is 14.4 Å². The van der Waals surface area contributed by atoms with Gasteiger partial charge in [0, 0.05) is 18.2 Å². The molecule has 0 saturated heterocycles. The van der Waals surface area contributed by atoms with E-state index in [0.29, 0.717) is 17.1 Å². The molecule has 7 heteroatoms. The summed E-state index contributed by atoms with van der Waals surface area (Å²) in [5.74, 6) is -0.472. The fourth-order valence-electron chi connectivity index (χ4n) is 3.30. The van der Waals surface area contributed by atoms with E-state index >= 15 is 0 Å². The summed E-state index contributed by atoms with van der Waals surface area (Å²) in [5, 5.41) is 5.65. The molecule has 3 amide bonds. The maximum absolute atomic E-state index is 13.0. The number of hydrogen-bond donors (Lipinski definition) is 2. The molecular weight excluding hydrogens is 356 g/mol. The second-order valence-corrected chi connectivity index (χ2v) is 6.97. The molecule has 1 heterocycles. The maximum Gasteiger partial charge on any atom is 0.241 e. The van der Waals surface area contributed by atoms with Crippen LogP contribution in [0.2, 0.25) is 0 Å². The van der Waals surface area contributed by atoms with Gasteiger partial charge < -0.3 is 15.5 Å². The number of anilines is 3. The van der Waals surface area contributed by atoms with Gasteiger partial charge in [-0.05, 0) is 38.2 Å². The number of carbonyl (C=O) groups is 3. The van der Waals surface area contributed by atoms with E-state index in [0.717, 1.165) is 0 Å². The molecular formula is C21H24N4O3. The molecule has 28 heavy (non-hydrogen) atoms. The minimum absolute atomic E-state index is 0.0646. The Morgan fingerprint density at radius 3 is 2.54 bits per heavy atom. The maximum atomic E-state index is 13.0. The number of benzene rings is 2. The molecule has 146 valence electrons. The Morgan fingerprint density at radius 1 is 1.11 bits per heavy atom. The molecule has 0 aromatic heterocycles. The molecule has 2 aromatic carbocycles. The topological polar surface area (TPSA) is 81.8 Å². The molecule has 0 spiro atoms. The summed E-state index contributed by atoms with van der Waals surface area (Å²) in [7, 11) is 1.72. The van der Waals surface area contributed by atoms with Crippen molar-refractivity contribution in [3.8, 4) is 0 Å². The van der Waals surface area contributed by atoms with Crippen LogP contribution in [-0.4, -0.2) is 48.8 Å². The van der Waals surface area contributed by atoms with Gasteiger partial charge in [-0.25, -0.2) is 0 Å². The van der Waals surface area contributed by atoms with Gasteiger partial charge >= 0.3 is 0 Å². The van der Waals surface area contributed by atoms with Gasteiger partial charge in [0.25, 0.3) is 0 Å². The standard InChI is InChI=1S/C21H24N4O3/c1-15-12-19(26)23-17-10-6-7-11-18(17)25(15)21(28)14-24(2)13-20(27)22-16-8-4-3-5-9-16/h3-11,15H,12-14H2,1-2H3,(H,22,27)(H,23,26)/t15-/m0/s1. The molecule has 3 rings (SSSR count). The Hall–Kier alpha value is -3.19. The monoisotopic (exact) mass is 380 g/mol. The van der Waals surface area contributed by atoms with Crippen molar-refractivity contribution < 1.29 is 14.4 Å². The van der Waals surface area contributed by atoms with Gasteiger partial charge in [0.2, 0.25) is 17.7 Å². The van der Waals surface area contributed by atoms with Gasteiger partial charge in [0.05, 0.1) is 24.5 Å². The minimum Gasteiger partial charge on any atom is -0.325 e. The molecule has 1 aliphatic rings. The lowest BCUT2D eigenvalue weighted by atomic mass is 10.1. The number of para-hydroxylation sites is 3. The summed E-state index contributed by atoms with van der Waals surface area (Å²) in [6, 6.07) is 16.2. The summed E-state index contributed by atoms with van der Waals surface area (Å²) < 4.78 is 0. The van der Waals surface area contributed by atoms with Crippen molar-refractivity contribution in [1.82, 2.24) is 4.90 Å². The van der Waals surface area contributed by atoms with E-state index in [1.165, 1.54) is 0 Å². The summed E-state index contributed by atoms with van der Waals surface area (Å²) >= 11 is 0. The largest absolute Gasteiger partial charge is 0.325 e. The predicted molar refractivity (Wildman–Crippen MR) is 109 cm³/mol. The molecule has 2 aromatic rings. The fraction of sp³-hybridized carbons (Fsp3) is 0.286. The molecule has 1 aliphatic heterocycles. The summed E-state index contributed by atoms with van der Waals surface area (Å²) in [4.78, 5) is 40.6. The second kappa shape index (κ2) is 8.67. The van der Waals surface area contributed by atoms with Crippen molar-refractivity contribution in [3.05, 3.63) is 54.6 Å². The highest BCUT2D eigenvalue weighted by molar-refractivity contribution is 6.05. The van der Waals surface area contributed by atoms with Crippen LogP contribution >= 0.6 is 0 Å². The number of amides is 3. The van der Waals surface area contributed by atoms with Crippen molar-refractivity contribution >= 4 is 34.8 Å². The molecule has 0 fully saturated rings. The van der Waals surface area contributed by atoms with Gasteiger partial charge in [0.15, 0.2) is 0 Å². The van der Waals surface area contributed by atoms with Gasteiger partial charge in [-0.1, -0.05) is 30.3 Å². The second-order valence-electron chi connectivity index (χ2n) is 6.97. The zero-order chi connectivity index (χ0) is 20.1. The summed E-state index contributed by atoms with van der Waals surface area (Å²) in [5.41, 5.74) is 2.01. The highest BCUT2D eigenvalue weighted by Gasteiger charge is 2.30. The summed E-state index contributed by atoms with van der Waals surface area (Å²) in [6.45, 7) is 2.00.